The zero-order valence-electron chi connectivity index (χ0n) is 11.5. The Kier molecular flexibility index (Phi) is 5.61. The second-order valence-electron chi connectivity index (χ2n) is 4.29. The summed E-state index contributed by atoms with van der Waals surface area (Å²) in [6.45, 7) is 1.91. The molecular weight excluding hydrogens is 288 g/mol. The van der Waals surface area contributed by atoms with Crippen molar-refractivity contribution in [1.82, 2.24) is 9.97 Å². The van der Waals surface area contributed by atoms with Crippen LogP contribution in [-0.2, 0) is 6.42 Å². The number of rotatable bonds is 6. The average Bonchev–Trinajstić information content (AvgIpc) is 2.49. The van der Waals surface area contributed by atoms with Crippen LogP contribution in [0.5, 0.6) is 0 Å². The topological polar surface area (TPSA) is 42.9 Å². The number of thioether (sulfide) groups is 2. The minimum Gasteiger partial charge on any atom is -0.296 e. The first-order valence-electron chi connectivity index (χ1n) is 6.23. The van der Waals surface area contributed by atoms with Gasteiger partial charge in [0.25, 0.3) is 0 Å². The van der Waals surface area contributed by atoms with Gasteiger partial charge in [-0.05, 0) is 18.7 Å². The van der Waals surface area contributed by atoms with Gasteiger partial charge < -0.3 is 0 Å². The van der Waals surface area contributed by atoms with Gasteiger partial charge in [-0.25, -0.2) is 9.97 Å². The van der Waals surface area contributed by atoms with Crippen molar-refractivity contribution in [1.29, 1.82) is 0 Å². The van der Waals surface area contributed by atoms with Crippen molar-refractivity contribution in [3.8, 4) is 0 Å². The highest BCUT2D eigenvalue weighted by atomic mass is 32.2. The normalized spacial score (nSPS) is 10.5. The Morgan fingerprint density at radius 1 is 1.20 bits per heavy atom. The zero-order chi connectivity index (χ0) is 14.4. The lowest BCUT2D eigenvalue weighted by Gasteiger charge is -2.09. The smallest absolute Gasteiger partial charge is 0.189 e. The van der Waals surface area contributed by atoms with Crippen LogP contribution in [0.4, 0.5) is 0 Å². The number of benzene rings is 1. The van der Waals surface area contributed by atoms with Crippen LogP contribution in [0, 0.1) is 6.92 Å². The van der Waals surface area contributed by atoms with E-state index < -0.39 is 0 Å². The van der Waals surface area contributed by atoms with E-state index in [1.54, 1.807) is 23.5 Å². The Morgan fingerprint density at radius 3 is 2.60 bits per heavy atom. The molecule has 0 N–H and O–H groups in total. The van der Waals surface area contributed by atoms with E-state index in [1.165, 1.54) is 5.56 Å². The molecule has 0 aliphatic rings. The molecule has 0 fully saturated rings. The summed E-state index contributed by atoms with van der Waals surface area (Å²) in [5, 5.41) is 1.56. The molecule has 0 radical (unpaired) electrons. The molecule has 1 heterocycles. The van der Waals surface area contributed by atoms with Crippen molar-refractivity contribution in [2.45, 2.75) is 18.5 Å². The minimum absolute atomic E-state index is 0.495. The lowest BCUT2D eigenvalue weighted by molar-refractivity contribution is 0.111. The van der Waals surface area contributed by atoms with E-state index in [0.29, 0.717) is 10.9 Å². The number of carbonyl (C=O) groups excluding carboxylic acids is 1. The maximum atomic E-state index is 11.2. The van der Waals surface area contributed by atoms with E-state index in [0.717, 1.165) is 29.0 Å². The third-order valence-electron chi connectivity index (χ3n) is 2.90. The molecule has 0 saturated carbocycles. The highest BCUT2D eigenvalue weighted by molar-refractivity contribution is 8.15. The third kappa shape index (κ3) is 3.84. The van der Waals surface area contributed by atoms with Gasteiger partial charge in [-0.1, -0.05) is 42.1 Å². The highest BCUT2D eigenvalue weighted by Gasteiger charge is 2.11. The summed E-state index contributed by atoms with van der Waals surface area (Å²) >= 11 is 3.28. The standard InChI is InChI=1S/C15H16N2OS2/c1-11-13(8-12-6-4-3-5-7-12)16-15(20-10-19-2)17-14(11)9-18/h3-7,9H,8,10H2,1-2H3. The summed E-state index contributed by atoms with van der Waals surface area (Å²) in [5.41, 5.74) is 3.48. The van der Waals surface area contributed by atoms with E-state index in [4.69, 9.17) is 0 Å². The summed E-state index contributed by atoms with van der Waals surface area (Å²) in [6, 6.07) is 10.1. The Balaban J connectivity index is 2.32. The Morgan fingerprint density at radius 2 is 1.95 bits per heavy atom. The molecule has 0 bridgehead atoms. The Hall–Kier alpha value is -1.33. The monoisotopic (exact) mass is 304 g/mol. The second kappa shape index (κ2) is 7.45. The van der Waals surface area contributed by atoms with E-state index >= 15 is 0 Å². The molecule has 2 rings (SSSR count). The predicted molar refractivity (Wildman–Crippen MR) is 85.6 cm³/mol. The van der Waals surface area contributed by atoms with Crippen LogP contribution in [0.25, 0.3) is 0 Å². The van der Waals surface area contributed by atoms with Crippen LogP contribution in [0.3, 0.4) is 0 Å². The van der Waals surface area contributed by atoms with Gasteiger partial charge in [0.15, 0.2) is 11.4 Å². The van der Waals surface area contributed by atoms with E-state index in [-0.39, 0.29) is 0 Å². The fourth-order valence-corrected chi connectivity index (χ4v) is 3.04. The van der Waals surface area contributed by atoms with Crippen molar-refractivity contribution in [2.24, 2.45) is 0 Å². The minimum atomic E-state index is 0.495. The fourth-order valence-electron chi connectivity index (χ4n) is 1.81. The van der Waals surface area contributed by atoms with Crippen LogP contribution < -0.4 is 0 Å². The summed E-state index contributed by atoms with van der Waals surface area (Å²) in [6.07, 6.45) is 3.57. The number of carbonyl (C=O) groups is 1. The van der Waals surface area contributed by atoms with Crippen molar-refractivity contribution in [3.63, 3.8) is 0 Å². The van der Waals surface area contributed by atoms with Gasteiger partial charge >= 0.3 is 0 Å². The molecule has 0 unspecified atom stereocenters. The number of aromatic nitrogens is 2. The zero-order valence-corrected chi connectivity index (χ0v) is 13.1. The number of hydrogen-bond acceptors (Lipinski definition) is 5. The maximum Gasteiger partial charge on any atom is 0.189 e. The van der Waals surface area contributed by atoms with Gasteiger partial charge in [0.05, 0.1) is 5.69 Å². The predicted octanol–water partition coefficient (Wildman–Crippen LogP) is 3.60. The van der Waals surface area contributed by atoms with Gasteiger partial charge in [0, 0.05) is 17.1 Å². The first-order valence-corrected chi connectivity index (χ1v) is 8.61. The van der Waals surface area contributed by atoms with E-state index in [1.807, 2.05) is 31.4 Å². The lowest BCUT2D eigenvalue weighted by atomic mass is 10.1. The number of hydrogen-bond donors (Lipinski definition) is 0. The molecule has 2 aromatic rings. The van der Waals surface area contributed by atoms with Gasteiger partial charge in [0.2, 0.25) is 0 Å². The van der Waals surface area contributed by atoms with Crippen molar-refractivity contribution in [3.05, 3.63) is 52.8 Å². The Labute approximate surface area is 127 Å². The molecule has 1 aromatic carbocycles. The molecule has 3 nitrogen and oxygen atoms in total. The van der Waals surface area contributed by atoms with Crippen LogP contribution in [0.15, 0.2) is 35.5 Å². The molecule has 0 aliphatic carbocycles. The summed E-state index contributed by atoms with van der Waals surface area (Å²) in [5.74, 6) is 0. The molecule has 1 aromatic heterocycles. The van der Waals surface area contributed by atoms with Gasteiger partial charge in [0.1, 0.15) is 5.69 Å². The Bertz CT molecular complexity index is 588. The highest BCUT2D eigenvalue weighted by Crippen LogP contribution is 2.21. The molecule has 0 amide bonds. The van der Waals surface area contributed by atoms with Crippen molar-refractivity contribution < 1.29 is 4.79 Å². The van der Waals surface area contributed by atoms with Crippen LogP contribution >= 0.6 is 23.5 Å². The van der Waals surface area contributed by atoms with Crippen LogP contribution in [0.1, 0.15) is 27.3 Å². The summed E-state index contributed by atoms with van der Waals surface area (Å²) in [4.78, 5) is 20.0. The first kappa shape index (κ1) is 15.1. The first-order chi connectivity index (χ1) is 9.74. The third-order valence-corrected chi connectivity index (χ3v) is 4.75. The van der Waals surface area contributed by atoms with Gasteiger partial charge in [-0.15, -0.1) is 0 Å². The quantitative estimate of drug-likeness (QED) is 0.353. The molecule has 20 heavy (non-hydrogen) atoms. The van der Waals surface area contributed by atoms with E-state index in [2.05, 4.69) is 22.1 Å². The largest absolute Gasteiger partial charge is 0.296 e. The average molecular weight is 304 g/mol. The van der Waals surface area contributed by atoms with Gasteiger partial charge in [-0.2, -0.15) is 11.8 Å². The molecule has 0 spiro atoms. The van der Waals surface area contributed by atoms with Gasteiger partial charge in [-0.3, -0.25) is 4.79 Å². The van der Waals surface area contributed by atoms with Crippen molar-refractivity contribution >= 4 is 29.8 Å². The van der Waals surface area contributed by atoms with E-state index in [9.17, 15) is 4.79 Å². The molecule has 5 heteroatoms. The second-order valence-corrected chi connectivity index (χ2v) is 6.47. The number of aldehydes is 1. The van der Waals surface area contributed by atoms with Crippen molar-refractivity contribution in [2.75, 3.05) is 11.3 Å². The maximum absolute atomic E-state index is 11.2. The van der Waals surface area contributed by atoms with Crippen LogP contribution in [-0.4, -0.2) is 27.6 Å². The molecule has 0 atom stereocenters. The lowest BCUT2D eigenvalue weighted by Crippen LogP contribution is -2.05. The summed E-state index contributed by atoms with van der Waals surface area (Å²) in [7, 11) is 0. The molecule has 104 valence electrons. The number of nitrogens with zero attached hydrogens (tertiary/aromatic N) is 2. The summed E-state index contributed by atoms with van der Waals surface area (Å²) < 4.78 is 0. The molecule has 0 saturated heterocycles. The molecular formula is C15H16N2OS2. The SMILES string of the molecule is CSCSc1nc(C=O)c(C)c(Cc2ccccc2)n1. The van der Waals surface area contributed by atoms with Crippen LogP contribution in [0.2, 0.25) is 0 Å². The fraction of sp³-hybridized carbons (Fsp3) is 0.267. The molecule has 0 aliphatic heterocycles.